The van der Waals surface area contributed by atoms with Gasteiger partial charge in [-0.25, -0.2) is 0 Å². The van der Waals surface area contributed by atoms with Crippen molar-refractivity contribution in [3.8, 4) is 0 Å². The van der Waals surface area contributed by atoms with Crippen molar-refractivity contribution in [2.24, 2.45) is 11.8 Å². The average Bonchev–Trinajstić information content (AvgIpc) is 2.68. The van der Waals surface area contributed by atoms with Gasteiger partial charge >= 0.3 is 0 Å². The molecular weight excluding hydrogens is 296 g/mol. The van der Waals surface area contributed by atoms with E-state index in [2.05, 4.69) is 28.1 Å². The number of nitrogens with zero attached hydrogens (tertiary/aromatic N) is 2. The largest absolute Gasteiger partial charge is 0.385 e. The number of pyridine rings is 1. The van der Waals surface area contributed by atoms with Gasteiger partial charge < -0.3 is 10.0 Å². The van der Waals surface area contributed by atoms with Gasteiger partial charge in [0.05, 0.1) is 5.60 Å². The van der Waals surface area contributed by atoms with Crippen LogP contribution in [-0.2, 0) is 12.0 Å². The molecule has 2 unspecified atom stereocenters. The second-order valence-corrected chi connectivity index (χ2v) is 7.36. The van der Waals surface area contributed by atoms with Crippen molar-refractivity contribution < 1.29 is 6.53 Å². The predicted octanol–water partition coefficient (Wildman–Crippen LogP) is 3.49. The number of piperidine rings is 3. The van der Waals surface area contributed by atoms with E-state index in [1.165, 1.54) is 25.9 Å². The first kappa shape index (κ1) is 15.8. The fourth-order valence-corrected chi connectivity index (χ4v) is 4.64. The minimum atomic E-state index is -0.761. The maximum absolute atomic E-state index is 11.8. The van der Waals surface area contributed by atoms with E-state index in [-0.39, 0.29) is 1.43 Å². The molecule has 0 aliphatic carbocycles. The van der Waals surface area contributed by atoms with Gasteiger partial charge in [-0.3, -0.25) is 4.98 Å². The lowest BCUT2D eigenvalue weighted by molar-refractivity contribution is -0.106. The molecule has 3 saturated heterocycles. The monoisotopic (exact) mass is 324 g/mol. The molecular formula is C21H28N2O. The van der Waals surface area contributed by atoms with Crippen molar-refractivity contribution >= 4 is 0 Å². The third kappa shape index (κ3) is 2.99. The number of fused-ring (bicyclic) bond motifs is 3. The highest BCUT2D eigenvalue weighted by molar-refractivity contribution is 5.25. The first-order valence-corrected chi connectivity index (χ1v) is 9.16. The van der Waals surface area contributed by atoms with Gasteiger partial charge in [0.25, 0.3) is 0 Å². The number of aromatic nitrogens is 1. The number of benzene rings is 1. The number of aliphatic hydroxyl groups is 1. The predicted molar refractivity (Wildman–Crippen MR) is 97.7 cm³/mol. The summed E-state index contributed by atoms with van der Waals surface area (Å²) in [5.74, 6) is 0.968. The van der Waals surface area contributed by atoms with Crippen LogP contribution in [0.15, 0.2) is 54.7 Å². The number of rotatable bonds is 5. The van der Waals surface area contributed by atoms with Crippen LogP contribution >= 0.6 is 0 Å². The smallest absolute Gasteiger partial charge is 0.0943 e. The SMILES string of the molecule is OC(CCc1ccccn1)(c1ccccc1)C1CN2CCC1CC2.[HH]. The molecule has 24 heavy (non-hydrogen) atoms. The maximum Gasteiger partial charge on any atom is 0.0943 e. The molecule has 2 bridgehead atoms. The molecule has 0 spiro atoms. The van der Waals surface area contributed by atoms with Crippen LogP contribution in [0.3, 0.4) is 0 Å². The molecule has 2 aromatic rings. The van der Waals surface area contributed by atoms with Crippen LogP contribution in [0.5, 0.6) is 0 Å². The summed E-state index contributed by atoms with van der Waals surface area (Å²) in [5.41, 5.74) is 1.37. The van der Waals surface area contributed by atoms with Gasteiger partial charge in [0.2, 0.25) is 0 Å². The van der Waals surface area contributed by atoms with Crippen LogP contribution < -0.4 is 0 Å². The summed E-state index contributed by atoms with van der Waals surface area (Å²) >= 11 is 0. The second kappa shape index (κ2) is 6.66. The number of hydrogen-bond donors (Lipinski definition) is 1. The maximum atomic E-state index is 11.8. The minimum absolute atomic E-state index is 0. The van der Waals surface area contributed by atoms with Gasteiger partial charge in [0.15, 0.2) is 0 Å². The normalized spacial score (nSPS) is 28.5. The standard InChI is InChI=1S/C21H26N2O.H2/c24-21(18-6-2-1-3-7-18,12-9-19-8-4-5-13-22-19)20-16-23-14-10-17(20)11-15-23;/h1-8,13,17,20,24H,9-12,14-16H2;1H. The van der Waals surface area contributed by atoms with Gasteiger partial charge in [-0.1, -0.05) is 36.4 Å². The molecule has 0 radical (unpaired) electrons. The Hall–Kier alpha value is -1.71. The molecule has 3 fully saturated rings. The Balaban J connectivity index is 0.00000182. The topological polar surface area (TPSA) is 36.4 Å². The fraction of sp³-hybridized carbons (Fsp3) is 0.476. The Morgan fingerprint density at radius 2 is 1.83 bits per heavy atom. The van der Waals surface area contributed by atoms with E-state index in [4.69, 9.17) is 0 Å². The molecule has 3 aliphatic rings. The summed E-state index contributed by atoms with van der Waals surface area (Å²) in [6.45, 7) is 3.43. The van der Waals surface area contributed by atoms with Crippen molar-refractivity contribution in [1.82, 2.24) is 9.88 Å². The van der Waals surface area contributed by atoms with E-state index in [1.807, 2.05) is 36.5 Å². The Morgan fingerprint density at radius 3 is 2.46 bits per heavy atom. The molecule has 1 aromatic carbocycles. The Bertz CT molecular complexity index is 658. The van der Waals surface area contributed by atoms with Crippen molar-refractivity contribution in [3.05, 3.63) is 66.0 Å². The zero-order chi connectivity index (χ0) is 16.4. The molecule has 128 valence electrons. The molecule has 3 nitrogen and oxygen atoms in total. The third-order valence-electron chi connectivity index (χ3n) is 6.03. The van der Waals surface area contributed by atoms with Crippen molar-refractivity contribution in [2.75, 3.05) is 19.6 Å². The third-order valence-corrected chi connectivity index (χ3v) is 6.03. The fourth-order valence-electron chi connectivity index (χ4n) is 4.64. The second-order valence-electron chi connectivity index (χ2n) is 7.36. The zero-order valence-corrected chi connectivity index (χ0v) is 14.1. The van der Waals surface area contributed by atoms with E-state index >= 15 is 0 Å². The Morgan fingerprint density at radius 1 is 1.08 bits per heavy atom. The lowest BCUT2D eigenvalue weighted by atomic mass is 9.66. The highest BCUT2D eigenvalue weighted by Crippen LogP contribution is 2.45. The summed E-state index contributed by atoms with van der Waals surface area (Å²) in [4.78, 5) is 6.97. The van der Waals surface area contributed by atoms with Crippen LogP contribution in [0.4, 0.5) is 0 Å². The van der Waals surface area contributed by atoms with Crippen LogP contribution in [0.1, 0.15) is 31.9 Å². The minimum Gasteiger partial charge on any atom is -0.385 e. The highest BCUT2D eigenvalue weighted by Gasteiger charge is 2.47. The summed E-state index contributed by atoms with van der Waals surface area (Å²) in [6, 6.07) is 16.3. The van der Waals surface area contributed by atoms with Crippen molar-refractivity contribution in [3.63, 3.8) is 0 Å². The van der Waals surface area contributed by atoms with Crippen LogP contribution in [0.2, 0.25) is 0 Å². The molecule has 4 heterocycles. The molecule has 1 aromatic heterocycles. The van der Waals surface area contributed by atoms with E-state index in [1.54, 1.807) is 0 Å². The quantitative estimate of drug-likeness (QED) is 0.914. The molecule has 2 atom stereocenters. The Kier molecular flexibility index (Phi) is 4.38. The summed E-state index contributed by atoms with van der Waals surface area (Å²) in [7, 11) is 0. The molecule has 0 saturated carbocycles. The van der Waals surface area contributed by atoms with E-state index < -0.39 is 5.60 Å². The van der Waals surface area contributed by atoms with Gasteiger partial charge in [0, 0.05) is 25.8 Å². The first-order valence-electron chi connectivity index (χ1n) is 9.16. The van der Waals surface area contributed by atoms with Crippen LogP contribution in [0.25, 0.3) is 0 Å². The molecule has 1 N–H and O–H groups in total. The highest BCUT2D eigenvalue weighted by atomic mass is 16.3. The van der Waals surface area contributed by atoms with E-state index in [9.17, 15) is 5.11 Å². The summed E-state index contributed by atoms with van der Waals surface area (Å²) < 4.78 is 0. The van der Waals surface area contributed by atoms with Gasteiger partial charge in [0.1, 0.15) is 0 Å². The first-order chi connectivity index (χ1) is 11.8. The molecule has 0 amide bonds. The molecule has 3 aliphatic heterocycles. The van der Waals surface area contributed by atoms with Gasteiger partial charge in [-0.2, -0.15) is 0 Å². The number of aryl methyl sites for hydroxylation is 1. The van der Waals surface area contributed by atoms with Gasteiger partial charge in [-0.05, 0) is 62.4 Å². The average molecular weight is 324 g/mol. The Labute approximate surface area is 145 Å². The van der Waals surface area contributed by atoms with E-state index in [0.29, 0.717) is 11.8 Å². The van der Waals surface area contributed by atoms with E-state index in [0.717, 1.165) is 30.6 Å². The van der Waals surface area contributed by atoms with Crippen molar-refractivity contribution in [2.45, 2.75) is 31.3 Å². The van der Waals surface area contributed by atoms with Crippen LogP contribution in [0, 0.1) is 11.8 Å². The molecule has 3 heteroatoms. The van der Waals surface area contributed by atoms with Crippen molar-refractivity contribution in [1.29, 1.82) is 0 Å². The van der Waals surface area contributed by atoms with Crippen LogP contribution in [-0.4, -0.2) is 34.6 Å². The zero-order valence-electron chi connectivity index (χ0n) is 14.1. The lowest BCUT2D eigenvalue weighted by Gasteiger charge is -2.51. The van der Waals surface area contributed by atoms with Gasteiger partial charge in [-0.15, -0.1) is 0 Å². The summed E-state index contributed by atoms with van der Waals surface area (Å²) in [6.07, 6.45) is 5.84. The lowest BCUT2D eigenvalue weighted by Crippen LogP contribution is -2.55. The number of hydrogen-bond acceptors (Lipinski definition) is 3. The summed E-state index contributed by atoms with van der Waals surface area (Å²) in [5, 5.41) is 11.8. The molecule has 5 rings (SSSR count).